The summed E-state index contributed by atoms with van der Waals surface area (Å²) in [5, 5.41) is 17.4. The highest BCUT2D eigenvalue weighted by Gasteiger charge is 2.32. The highest BCUT2D eigenvalue weighted by molar-refractivity contribution is 7.92. The van der Waals surface area contributed by atoms with Gasteiger partial charge in [0.25, 0.3) is 5.91 Å². The van der Waals surface area contributed by atoms with Gasteiger partial charge in [0.2, 0.25) is 10.0 Å². The monoisotopic (exact) mass is 504 g/mol. The number of carboxylic acids is 1. The van der Waals surface area contributed by atoms with Gasteiger partial charge in [0.15, 0.2) is 0 Å². The van der Waals surface area contributed by atoms with Crippen molar-refractivity contribution in [2.45, 2.75) is 31.6 Å². The van der Waals surface area contributed by atoms with Crippen molar-refractivity contribution in [3.8, 4) is 5.69 Å². The molecular formula is C23H25ClN4O5S. The van der Waals surface area contributed by atoms with E-state index >= 15 is 0 Å². The Hall–Kier alpha value is -3.11. The Bertz CT molecular complexity index is 1360. The first-order chi connectivity index (χ1) is 16.1. The van der Waals surface area contributed by atoms with Crippen molar-refractivity contribution in [1.29, 1.82) is 0 Å². The van der Waals surface area contributed by atoms with Crippen molar-refractivity contribution < 1.29 is 23.1 Å². The number of anilines is 1. The minimum atomic E-state index is -3.68. The maximum atomic E-state index is 12.9. The highest BCUT2D eigenvalue weighted by atomic mass is 35.5. The fraction of sp³-hybridized carbons (Fsp3) is 0.348. The topological polar surface area (TPSA) is 122 Å². The van der Waals surface area contributed by atoms with Crippen LogP contribution >= 0.6 is 11.6 Å². The predicted octanol–water partition coefficient (Wildman–Crippen LogP) is 3.55. The molecule has 1 aliphatic carbocycles. The number of halogens is 1. The zero-order valence-corrected chi connectivity index (χ0v) is 20.4. The number of nitrogens with zero attached hydrogens (tertiary/aromatic N) is 3. The molecule has 1 saturated carbocycles. The van der Waals surface area contributed by atoms with Gasteiger partial charge in [0.05, 0.1) is 23.1 Å². The minimum absolute atomic E-state index is 0.0383. The quantitative estimate of drug-likeness (QED) is 0.459. The number of carboxylic acid groups (broad SMARTS) is 1. The molecule has 1 heterocycles. The summed E-state index contributed by atoms with van der Waals surface area (Å²) in [5.41, 5.74) is 2.72. The number of hydrogen-bond acceptors (Lipinski definition) is 5. The molecule has 0 aliphatic heterocycles. The summed E-state index contributed by atoms with van der Waals surface area (Å²) in [6, 6.07) is 10.4. The van der Waals surface area contributed by atoms with Crippen LogP contribution in [0.3, 0.4) is 0 Å². The number of nitrogens with one attached hydrogen (secondary N) is 1. The Morgan fingerprint density at radius 3 is 2.47 bits per heavy atom. The molecule has 3 aromatic rings. The lowest BCUT2D eigenvalue weighted by Crippen LogP contribution is -2.32. The van der Waals surface area contributed by atoms with E-state index in [1.165, 1.54) is 16.0 Å². The van der Waals surface area contributed by atoms with Crippen LogP contribution in [0, 0.1) is 0 Å². The van der Waals surface area contributed by atoms with Gasteiger partial charge in [0.1, 0.15) is 5.69 Å². The SMILES string of the molecule is CNC(=O)c1c2cc(C3CC3)c(N(CCCC(=O)O)S(C)(=O)=O)cc2nn1-c1ccc(Cl)cc1. The smallest absolute Gasteiger partial charge is 0.303 e. The number of carbonyl (C=O) groups excluding carboxylic acids is 1. The van der Waals surface area contributed by atoms with Crippen LogP contribution in [0.5, 0.6) is 0 Å². The first-order valence-corrected chi connectivity index (χ1v) is 13.1. The van der Waals surface area contributed by atoms with Crippen molar-refractivity contribution in [1.82, 2.24) is 15.1 Å². The molecule has 2 aromatic carbocycles. The molecule has 1 aromatic heterocycles. The summed E-state index contributed by atoms with van der Waals surface area (Å²) >= 11 is 6.02. The Kier molecular flexibility index (Phi) is 6.55. The van der Waals surface area contributed by atoms with E-state index in [-0.39, 0.29) is 31.2 Å². The van der Waals surface area contributed by atoms with Crippen LogP contribution in [-0.2, 0) is 14.8 Å². The van der Waals surface area contributed by atoms with E-state index < -0.39 is 16.0 Å². The van der Waals surface area contributed by atoms with Crippen LogP contribution in [0.15, 0.2) is 36.4 Å². The molecule has 2 N–H and O–H groups in total. The van der Waals surface area contributed by atoms with Crippen LogP contribution in [0.25, 0.3) is 16.6 Å². The van der Waals surface area contributed by atoms with E-state index in [9.17, 15) is 18.0 Å². The fourth-order valence-corrected chi connectivity index (χ4v) is 5.12. The first-order valence-electron chi connectivity index (χ1n) is 10.8. The number of fused-ring (bicyclic) bond motifs is 1. The number of aliphatic carboxylic acids is 1. The fourth-order valence-electron chi connectivity index (χ4n) is 4.02. The largest absolute Gasteiger partial charge is 0.481 e. The number of hydrogen-bond donors (Lipinski definition) is 2. The standard InChI is InChI=1S/C23H25ClN4O5S/c1-25-23(31)22-18-12-17(14-5-6-14)20(27(34(2,32)33)11-3-4-21(29)30)13-19(18)26-28(22)16-9-7-15(24)8-10-16/h7-10,12-14H,3-6,11H2,1-2H3,(H,25,31)(H,29,30). The molecule has 180 valence electrons. The molecule has 0 spiro atoms. The Morgan fingerprint density at radius 2 is 1.91 bits per heavy atom. The van der Waals surface area contributed by atoms with Gasteiger partial charge < -0.3 is 10.4 Å². The van der Waals surface area contributed by atoms with E-state index in [2.05, 4.69) is 10.4 Å². The zero-order valence-electron chi connectivity index (χ0n) is 18.8. The number of amides is 1. The van der Waals surface area contributed by atoms with Gasteiger partial charge in [0, 0.05) is 30.4 Å². The van der Waals surface area contributed by atoms with E-state index in [1.807, 2.05) is 6.07 Å². The summed E-state index contributed by atoms with van der Waals surface area (Å²) < 4.78 is 28.2. The molecule has 1 amide bonds. The maximum Gasteiger partial charge on any atom is 0.303 e. The molecule has 4 rings (SSSR count). The summed E-state index contributed by atoms with van der Waals surface area (Å²) in [5.74, 6) is -1.14. The number of aromatic nitrogens is 2. The first kappa shape index (κ1) is 24.0. The van der Waals surface area contributed by atoms with E-state index in [0.29, 0.717) is 33.0 Å². The van der Waals surface area contributed by atoms with Gasteiger partial charge in [-0.15, -0.1) is 0 Å². The lowest BCUT2D eigenvalue weighted by Gasteiger charge is -2.25. The molecule has 0 atom stereocenters. The molecule has 0 bridgehead atoms. The second kappa shape index (κ2) is 9.27. The Balaban J connectivity index is 1.92. The Labute approximate surface area is 202 Å². The molecule has 0 unspecified atom stereocenters. The van der Waals surface area contributed by atoms with E-state index in [0.717, 1.165) is 24.7 Å². The van der Waals surface area contributed by atoms with Gasteiger partial charge in [-0.25, -0.2) is 13.1 Å². The summed E-state index contributed by atoms with van der Waals surface area (Å²) in [6.45, 7) is 0.0383. The summed E-state index contributed by atoms with van der Waals surface area (Å²) in [7, 11) is -2.14. The predicted molar refractivity (Wildman–Crippen MR) is 131 cm³/mol. The molecule has 9 nitrogen and oxygen atoms in total. The minimum Gasteiger partial charge on any atom is -0.481 e. The molecule has 34 heavy (non-hydrogen) atoms. The van der Waals surface area contributed by atoms with Crippen LogP contribution in [0.4, 0.5) is 5.69 Å². The van der Waals surface area contributed by atoms with Crippen LogP contribution < -0.4 is 9.62 Å². The van der Waals surface area contributed by atoms with Crippen molar-refractivity contribution in [2.24, 2.45) is 0 Å². The van der Waals surface area contributed by atoms with Gasteiger partial charge in [-0.05, 0) is 67.1 Å². The average Bonchev–Trinajstić information content (AvgIpc) is 3.55. The number of carbonyl (C=O) groups is 2. The molecule has 1 aliphatic rings. The van der Waals surface area contributed by atoms with Crippen molar-refractivity contribution >= 4 is 50.1 Å². The third-order valence-corrected chi connectivity index (χ3v) is 7.20. The second-order valence-electron chi connectivity index (χ2n) is 8.35. The number of benzene rings is 2. The van der Waals surface area contributed by atoms with Crippen molar-refractivity contribution in [3.63, 3.8) is 0 Å². The van der Waals surface area contributed by atoms with E-state index in [1.54, 1.807) is 30.3 Å². The molecule has 11 heteroatoms. The van der Waals surface area contributed by atoms with Crippen LogP contribution in [-0.4, -0.2) is 55.0 Å². The normalized spacial score (nSPS) is 13.7. The number of sulfonamides is 1. The lowest BCUT2D eigenvalue weighted by atomic mass is 10.0. The number of rotatable bonds is 9. The molecular weight excluding hydrogens is 480 g/mol. The highest BCUT2D eigenvalue weighted by Crippen LogP contribution is 2.46. The molecule has 0 saturated heterocycles. The molecule has 0 radical (unpaired) electrons. The van der Waals surface area contributed by atoms with Gasteiger partial charge >= 0.3 is 5.97 Å². The lowest BCUT2D eigenvalue weighted by molar-refractivity contribution is -0.137. The zero-order chi connectivity index (χ0) is 24.6. The average molecular weight is 505 g/mol. The van der Waals surface area contributed by atoms with Gasteiger partial charge in [-0.2, -0.15) is 5.10 Å². The Morgan fingerprint density at radius 1 is 1.24 bits per heavy atom. The van der Waals surface area contributed by atoms with Crippen LogP contribution in [0.1, 0.15) is 47.7 Å². The van der Waals surface area contributed by atoms with Crippen molar-refractivity contribution in [3.05, 3.63) is 52.7 Å². The summed E-state index contributed by atoms with van der Waals surface area (Å²) in [6.07, 6.45) is 2.96. The van der Waals surface area contributed by atoms with E-state index in [4.69, 9.17) is 16.7 Å². The van der Waals surface area contributed by atoms with Crippen LogP contribution in [0.2, 0.25) is 5.02 Å². The molecule has 1 fully saturated rings. The second-order valence-corrected chi connectivity index (χ2v) is 10.7. The van der Waals surface area contributed by atoms with Crippen molar-refractivity contribution in [2.75, 3.05) is 24.2 Å². The third kappa shape index (κ3) is 4.88. The van der Waals surface area contributed by atoms with Gasteiger partial charge in [-0.1, -0.05) is 11.6 Å². The van der Waals surface area contributed by atoms with Gasteiger partial charge in [-0.3, -0.25) is 13.9 Å². The summed E-state index contributed by atoms with van der Waals surface area (Å²) in [4.78, 5) is 23.9. The third-order valence-electron chi connectivity index (χ3n) is 5.77. The maximum absolute atomic E-state index is 12.9.